The molecule has 1 aliphatic heterocycles. The molecule has 0 N–H and O–H groups in total. The highest BCUT2D eigenvalue weighted by molar-refractivity contribution is 7.89. The second kappa shape index (κ2) is 7.20. The lowest BCUT2D eigenvalue weighted by atomic mass is 10.0. The molecule has 1 aliphatic rings. The Morgan fingerprint density at radius 3 is 2.75 bits per heavy atom. The summed E-state index contributed by atoms with van der Waals surface area (Å²) in [6.07, 6.45) is 1.98. The molecule has 112 valence electrons. The molecule has 0 aliphatic carbocycles. The van der Waals surface area contributed by atoms with Gasteiger partial charge in [0.15, 0.2) is 0 Å². The third-order valence-electron chi connectivity index (χ3n) is 3.71. The molecule has 0 bridgehead atoms. The minimum atomic E-state index is -3.05. The second-order valence-corrected chi connectivity index (χ2v) is 7.53. The van der Waals surface area contributed by atoms with E-state index in [9.17, 15) is 8.42 Å². The van der Waals surface area contributed by atoms with Gasteiger partial charge in [-0.25, -0.2) is 12.7 Å². The maximum absolute atomic E-state index is 11.9. The largest absolute Gasteiger partial charge is 0.376 e. The number of ether oxygens (including phenoxy) is 1. The summed E-state index contributed by atoms with van der Waals surface area (Å²) in [4.78, 5) is 0. The molecule has 1 aromatic rings. The van der Waals surface area contributed by atoms with E-state index in [4.69, 9.17) is 4.74 Å². The van der Waals surface area contributed by atoms with Gasteiger partial charge < -0.3 is 4.74 Å². The first-order valence-corrected chi connectivity index (χ1v) is 8.82. The van der Waals surface area contributed by atoms with Crippen LogP contribution in [-0.2, 0) is 21.4 Å². The van der Waals surface area contributed by atoms with Crippen LogP contribution in [0.3, 0.4) is 0 Å². The van der Waals surface area contributed by atoms with Gasteiger partial charge in [0.25, 0.3) is 0 Å². The van der Waals surface area contributed by atoms with Crippen LogP contribution >= 0.6 is 0 Å². The average molecular weight is 297 g/mol. The van der Waals surface area contributed by atoms with Crippen LogP contribution < -0.4 is 0 Å². The molecule has 0 saturated carbocycles. The molecule has 1 fully saturated rings. The van der Waals surface area contributed by atoms with E-state index in [1.165, 1.54) is 0 Å². The smallest absolute Gasteiger partial charge is 0.213 e. The zero-order chi connectivity index (χ0) is 14.4. The molecule has 0 aromatic heterocycles. The van der Waals surface area contributed by atoms with Crippen molar-refractivity contribution < 1.29 is 13.2 Å². The fraction of sp³-hybridized carbons (Fsp3) is 0.600. The summed E-state index contributed by atoms with van der Waals surface area (Å²) >= 11 is 0. The Labute approximate surface area is 121 Å². The first-order chi connectivity index (χ1) is 9.62. The fourth-order valence-corrected chi connectivity index (χ4v) is 3.73. The maximum Gasteiger partial charge on any atom is 0.213 e. The summed E-state index contributed by atoms with van der Waals surface area (Å²) in [5.41, 5.74) is 1.15. The number of rotatable bonds is 6. The van der Waals surface area contributed by atoms with Gasteiger partial charge in [0.2, 0.25) is 10.0 Å². The number of benzene rings is 1. The van der Waals surface area contributed by atoms with Gasteiger partial charge in [0, 0.05) is 13.1 Å². The Bertz CT molecular complexity index is 501. The van der Waals surface area contributed by atoms with Gasteiger partial charge >= 0.3 is 0 Å². The Morgan fingerprint density at radius 1 is 1.30 bits per heavy atom. The van der Waals surface area contributed by atoms with Gasteiger partial charge in [-0.2, -0.15) is 0 Å². The lowest BCUT2D eigenvalue weighted by molar-refractivity contribution is 0.0672. The van der Waals surface area contributed by atoms with Gasteiger partial charge in [0.1, 0.15) is 0 Å². The maximum atomic E-state index is 11.9. The van der Waals surface area contributed by atoms with Crippen LogP contribution in [0.5, 0.6) is 0 Å². The minimum absolute atomic E-state index is 0.185. The highest BCUT2D eigenvalue weighted by atomic mass is 32.2. The van der Waals surface area contributed by atoms with Crippen LogP contribution in [0.2, 0.25) is 0 Å². The molecular formula is C15H23NO3S. The van der Waals surface area contributed by atoms with Crippen molar-refractivity contribution >= 4 is 10.0 Å². The van der Waals surface area contributed by atoms with E-state index in [1.807, 2.05) is 30.3 Å². The van der Waals surface area contributed by atoms with Gasteiger partial charge in [-0.05, 0) is 31.2 Å². The Hall–Kier alpha value is -0.910. The molecule has 1 saturated heterocycles. The van der Waals surface area contributed by atoms with Gasteiger partial charge in [0.05, 0.1) is 19.0 Å². The van der Waals surface area contributed by atoms with Crippen molar-refractivity contribution in [1.82, 2.24) is 4.31 Å². The van der Waals surface area contributed by atoms with Crippen LogP contribution in [0, 0.1) is 5.92 Å². The van der Waals surface area contributed by atoms with Gasteiger partial charge in [-0.15, -0.1) is 0 Å². The molecule has 0 unspecified atom stereocenters. The van der Waals surface area contributed by atoms with E-state index >= 15 is 0 Å². The minimum Gasteiger partial charge on any atom is -0.376 e. The topological polar surface area (TPSA) is 46.6 Å². The third-order valence-corrected chi connectivity index (χ3v) is 5.55. The van der Waals surface area contributed by atoms with Crippen LogP contribution in [0.25, 0.3) is 0 Å². The zero-order valence-corrected chi connectivity index (χ0v) is 12.8. The molecular weight excluding hydrogens is 274 g/mol. The Morgan fingerprint density at radius 2 is 2.05 bits per heavy atom. The average Bonchev–Trinajstić information content (AvgIpc) is 2.49. The monoisotopic (exact) mass is 297 g/mol. The van der Waals surface area contributed by atoms with Crippen LogP contribution in [0.4, 0.5) is 0 Å². The highest BCUT2D eigenvalue weighted by Gasteiger charge is 2.27. The molecule has 1 aromatic carbocycles. The SMILES string of the molecule is CCS(=O)(=O)N1CCC[C@H](COCc2ccccc2)C1. The van der Waals surface area contributed by atoms with Crippen molar-refractivity contribution in [2.75, 3.05) is 25.4 Å². The van der Waals surface area contributed by atoms with Crippen molar-refractivity contribution in [2.24, 2.45) is 5.92 Å². The molecule has 5 heteroatoms. The van der Waals surface area contributed by atoms with Crippen molar-refractivity contribution in [1.29, 1.82) is 0 Å². The van der Waals surface area contributed by atoms with E-state index < -0.39 is 10.0 Å². The Kier molecular flexibility index (Phi) is 5.57. The van der Waals surface area contributed by atoms with Gasteiger partial charge in [-0.1, -0.05) is 30.3 Å². The summed E-state index contributed by atoms with van der Waals surface area (Å²) in [5, 5.41) is 0. The first-order valence-electron chi connectivity index (χ1n) is 7.21. The third kappa shape index (κ3) is 4.30. The summed E-state index contributed by atoms with van der Waals surface area (Å²) in [6, 6.07) is 10.0. The predicted molar refractivity (Wildman–Crippen MR) is 79.9 cm³/mol. The highest BCUT2D eigenvalue weighted by Crippen LogP contribution is 2.20. The molecule has 1 heterocycles. The van der Waals surface area contributed by atoms with Crippen LogP contribution in [-0.4, -0.2) is 38.2 Å². The first kappa shape index (κ1) is 15.5. The molecule has 4 nitrogen and oxygen atoms in total. The molecule has 2 rings (SSSR count). The summed E-state index contributed by atoms with van der Waals surface area (Å²) in [7, 11) is -3.05. The van der Waals surface area contributed by atoms with Crippen LogP contribution in [0.15, 0.2) is 30.3 Å². The molecule has 0 amide bonds. The quantitative estimate of drug-likeness (QED) is 0.809. The number of sulfonamides is 1. The molecule has 1 atom stereocenters. The summed E-state index contributed by atoms with van der Waals surface area (Å²) in [6.45, 7) is 4.18. The van der Waals surface area contributed by atoms with E-state index in [1.54, 1.807) is 11.2 Å². The van der Waals surface area contributed by atoms with E-state index in [0.29, 0.717) is 32.2 Å². The lowest BCUT2D eigenvalue weighted by Gasteiger charge is -2.31. The molecule has 0 spiro atoms. The molecule has 0 radical (unpaired) electrons. The second-order valence-electron chi connectivity index (χ2n) is 5.27. The van der Waals surface area contributed by atoms with E-state index in [0.717, 1.165) is 18.4 Å². The fourth-order valence-electron chi connectivity index (χ4n) is 2.52. The predicted octanol–water partition coefficient (Wildman–Crippen LogP) is 2.26. The zero-order valence-electron chi connectivity index (χ0n) is 12.0. The van der Waals surface area contributed by atoms with Crippen LogP contribution in [0.1, 0.15) is 25.3 Å². The van der Waals surface area contributed by atoms with Crippen molar-refractivity contribution in [2.45, 2.75) is 26.4 Å². The van der Waals surface area contributed by atoms with Gasteiger partial charge in [-0.3, -0.25) is 0 Å². The van der Waals surface area contributed by atoms with E-state index in [-0.39, 0.29) is 5.75 Å². The van der Waals surface area contributed by atoms with Crippen molar-refractivity contribution in [3.63, 3.8) is 0 Å². The normalized spacial score (nSPS) is 20.9. The van der Waals surface area contributed by atoms with Crippen molar-refractivity contribution in [3.8, 4) is 0 Å². The van der Waals surface area contributed by atoms with Crippen molar-refractivity contribution in [3.05, 3.63) is 35.9 Å². The Balaban J connectivity index is 1.79. The standard InChI is InChI=1S/C15H23NO3S/c1-2-20(17,18)16-10-6-9-15(11-16)13-19-12-14-7-4-3-5-8-14/h3-5,7-8,15H,2,6,9-13H2,1H3/t15-/m0/s1. The summed E-state index contributed by atoms with van der Waals surface area (Å²) in [5.74, 6) is 0.499. The lowest BCUT2D eigenvalue weighted by Crippen LogP contribution is -2.41. The van der Waals surface area contributed by atoms with E-state index in [2.05, 4.69) is 0 Å². The number of piperidine rings is 1. The number of hydrogen-bond acceptors (Lipinski definition) is 3. The number of nitrogens with zero attached hydrogens (tertiary/aromatic N) is 1. The molecule has 20 heavy (non-hydrogen) atoms. The summed E-state index contributed by atoms with van der Waals surface area (Å²) < 4.78 is 31.1. The number of hydrogen-bond donors (Lipinski definition) is 0.